The van der Waals surface area contributed by atoms with Crippen molar-refractivity contribution in [1.29, 1.82) is 0 Å². The van der Waals surface area contributed by atoms with Gasteiger partial charge in [-0.2, -0.15) is 0 Å². The molecule has 0 aromatic heterocycles. The van der Waals surface area contributed by atoms with Gasteiger partial charge in [-0.15, -0.1) is 0 Å². The molecule has 1 rings (SSSR count). The molecule has 0 heterocycles. The molecule has 0 radical (unpaired) electrons. The highest BCUT2D eigenvalue weighted by molar-refractivity contribution is 6.30. The molecule has 15 heavy (non-hydrogen) atoms. The summed E-state index contributed by atoms with van der Waals surface area (Å²) in [4.78, 5) is 10.2. The minimum Gasteiger partial charge on any atom is -0.386 e. The topological polar surface area (TPSA) is 29.1 Å². The second kappa shape index (κ2) is 5.71. The number of aldehydes is 1. The number of hydrogen-bond acceptors (Lipinski definition) is 2. The van der Waals surface area contributed by atoms with Crippen LogP contribution < -0.4 is 5.32 Å². The van der Waals surface area contributed by atoms with Crippen LogP contribution in [0.2, 0.25) is 5.02 Å². The number of aryl methyl sites for hydroxylation is 1. The molecule has 0 saturated heterocycles. The van der Waals surface area contributed by atoms with Crippen LogP contribution in [0.1, 0.15) is 18.4 Å². The normalized spacial score (nSPS) is 10.1. The molecule has 0 amide bonds. The molecule has 0 unspecified atom stereocenters. The summed E-state index contributed by atoms with van der Waals surface area (Å²) in [6.45, 7) is 0. The quantitative estimate of drug-likeness (QED) is 0.621. The molecule has 1 N–H and O–H groups in total. The van der Waals surface area contributed by atoms with Gasteiger partial charge in [-0.25, -0.2) is 4.39 Å². The van der Waals surface area contributed by atoms with Gasteiger partial charge < -0.3 is 10.1 Å². The van der Waals surface area contributed by atoms with E-state index in [4.69, 9.17) is 11.6 Å². The van der Waals surface area contributed by atoms with Crippen molar-refractivity contribution in [2.75, 3.05) is 12.4 Å². The molecule has 0 aliphatic heterocycles. The summed E-state index contributed by atoms with van der Waals surface area (Å²) >= 11 is 5.75. The lowest BCUT2D eigenvalue weighted by Crippen LogP contribution is -1.99. The second-order valence-electron chi connectivity index (χ2n) is 3.23. The van der Waals surface area contributed by atoms with Gasteiger partial charge in [0.15, 0.2) is 0 Å². The van der Waals surface area contributed by atoms with Crippen LogP contribution in [0.5, 0.6) is 0 Å². The first-order chi connectivity index (χ1) is 7.19. The van der Waals surface area contributed by atoms with E-state index in [0.717, 1.165) is 11.8 Å². The highest BCUT2D eigenvalue weighted by Gasteiger charge is 2.08. The number of unbranched alkanes of at least 4 members (excludes halogenated alkanes) is 1. The Morgan fingerprint density at radius 2 is 2.27 bits per heavy atom. The summed E-state index contributed by atoms with van der Waals surface area (Å²) in [5.74, 6) is -0.355. The highest BCUT2D eigenvalue weighted by atomic mass is 35.5. The number of hydrogen-bond donors (Lipinski definition) is 1. The van der Waals surface area contributed by atoms with Gasteiger partial charge in [0.1, 0.15) is 12.1 Å². The number of halogens is 2. The SMILES string of the molecule is CNc1c(F)cc(Cl)cc1CCCC=O. The first kappa shape index (κ1) is 12.0. The van der Waals surface area contributed by atoms with Gasteiger partial charge in [-0.1, -0.05) is 11.6 Å². The maximum Gasteiger partial charge on any atom is 0.148 e. The van der Waals surface area contributed by atoms with E-state index in [2.05, 4.69) is 5.32 Å². The van der Waals surface area contributed by atoms with Gasteiger partial charge in [-0.05, 0) is 30.5 Å². The molecular weight excluding hydrogens is 217 g/mol. The van der Waals surface area contributed by atoms with Gasteiger partial charge in [0, 0.05) is 18.5 Å². The highest BCUT2D eigenvalue weighted by Crippen LogP contribution is 2.25. The molecule has 1 aromatic rings. The van der Waals surface area contributed by atoms with Crippen LogP contribution in [-0.2, 0) is 11.2 Å². The zero-order valence-corrected chi connectivity index (χ0v) is 9.27. The third-order valence-corrected chi connectivity index (χ3v) is 2.37. The van der Waals surface area contributed by atoms with Gasteiger partial charge in [0.2, 0.25) is 0 Å². The molecule has 0 fully saturated rings. The van der Waals surface area contributed by atoms with Crippen LogP contribution in [0, 0.1) is 5.82 Å². The predicted molar refractivity (Wildman–Crippen MR) is 60.0 cm³/mol. The molecule has 4 heteroatoms. The first-order valence-electron chi connectivity index (χ1n) is 4.78. The van der Waals surface area contributed by atoms with E-state index in [-0.39, 0.29) is 5.82 Å². The van der Waals surface area contributed by atoms with Crippen LogP contribution in [0.25, 0.3) is 0 Å². The lowest BCUT2D eigenvalue weighted by atomic mass is 10.1. The Kier molecular flexibility index (Phi) is 4.56. The Hall–Kier alpha value is -1.09. The van der Waals surface area contributed by atoms with Gasteiger partial charge in [0.25, 0.3) is 0 Å². The summed E-state index contributed by atoms with van der Waals surface area (Å²) in [5, 5.41) is 3.18. The molecule has 1 aromatic carbocycles. The van der Waals surface area contributed by atoms with Crippen molar-refractivity contribution in [3.63, 3.8) is 0 Å². The van der Waals surface area contributed by atoms with E-state index >= 15 is 0 Å². The Labute approximate surface area is 93.4 Å². The molecular formula is C11H13ClFNO. The smallest absolute Gasteiger partial charge is 0.148 e. The van der Waals surface area contributed by atoms with Crippen molar-refractivity contribution in [2.45, 2.75) is 19.3 Å². The third-order valence-electron chi connectivity index (χ3n) is 2.15. The van der Waals surface area contributed by atoms with E-state index in [9.17, 15) is 9.18 Å². The van der Waals surface area contributed by atoms with E-state index < -0.39 is 0 Å². The molecule has 0 aliphatic rings. The number of rotatable bonds is 5. The number of carbonyl (C=O) groups excluding carboxylic acids is 1. The molecule has 0 atom stereocenters. The van der Waals surface area contributed by atoms with Crippen molar-refractivity contribution in [2.24, 2.45) is 0 Å². The van der Waals surface area contributed by atoms with Crippen LogP contribution in [0.3, 0.4) is 0 Å². The molecule has 0 aliphatic carbocycles. The van der Waals surface area contributed by atoms with Crippen LogP contribution in [0.4, 0.5) is 10.1 Å². The molecule has 0 spiro atoms. The second-order valence-corrected chi connectivity index (χ2v) is 3.67. The molecule has 0 saturated carbocycles. The van der Waals surface area contributed by atoms with Gasteiger partial charge in [0.05, 0.1) is 5.69 Å². The van der Waals surface area contributed by atoms with Crippen molar-refractivity contribution < 1.29 is 9.18 Å². The summed E-state index contributed by atoms with van der Waals surface area (Å²) in [6.07, 6.45) is 2.70. The molecule has 82 valence electrons. The van der Waals surface area contributed by atoms with Crippen LogP contribution >= 0.6 is 11.6 Å². The first-order valence-corrected chi connectivity index (χ1v) is 5.16. The number of nitrogens with one attached hydrogen (secondary N) is 1. The van der Waals surface area contributed by atoms with E-state index in [1.807, 2.05) is 0 Å². The minimum atomic E-state index is -0.355. The lowest BCUT2D eigenvalue weighted by Gasteiger charge is -2.10. The average molecular weight is 230 g/mol. The zero-order valence-electron chi connectivity index (χ0n) is 8.52. The van der Waals surface area contributed by atoms with Gasteiger partial charge in [-0.3, -0.25) is 0 Å². The average Bonchev–Trinajstić information content (AvgIpc) is 2.17. The summed E-state index contributed by atoms with van der Waals surface area (Å²) in [7, 11) is 1.66. The summed E-state index contributed by atoms with van der Waals surface area (Å²) < 4.78 is 13.4. The largest absolute Gasteiger partial charge is 0.386 e. The Morgan fingerprint density at radius 3 is 2.87 bits per heavy atom. The Bertz CT molecular complexity index is 355. The van der Waals surface area contributed by atoms with Crippen molar-refractivity contribution in [3.8, 4) is 0 Å². The fourth-order valence-corrected chi connectivity index (χ4v) is 1.71. The summed E-state index contributed by atoms with van der Waals surface area (Å²) in [6, 6.07) is 3.00. The monoisotopic (exact) mass is 229 g/mol. The fourth-order valence-electron chi connectivity index (χ4n) is 1.48. The Morgan fingerprint density at radius 1 is 1.53 bits per heavy atom. The van der Waals surface area contributed by atoms with Crippen molar-refractivity contribution in [3.05, 3.63) is 28.5 Å². The number of carbonyl (C=O) groups is 1. The third kappa shape index (κ3) is 3.20. The zero-order chi connectivity index (χ0) is 11.3. The van der Waals surface area contributed by atoms with Crippen molar-refractivity contribution >= 4 is 23.6 Å². The van der Waals surface area contributed by atoms with E-state index in [0.29, 0.717) is 30.0 Å². The van der Waals surface area contributed by atoms with E-state index in [1.54, 1.807) is 13.1 Å². The maximum atomic E-state index is 13.4. The predicted octanol–water partition coefficient (Wildman–Crippen LogP) is 3.04. The van der Waals surface area contributed by atoms with Crippen LogP contribution in [0.15, 0.2) is 12.1 Å². The van der Waals surface area contributed by atoms with Crippen LogP contribution in [-0.4, -0.2) is 13.3 Å². The molecule has 0 bridgehead atoms. The van der Waals surface area contributed by atoms with Gasteiger partial charge >= 0.3 is 0 Å². The van der Waals surface area contributed by atoms with E-state index in [1.165, 1.54) is 6.07 Å². The minimum absolute atomic E-state index is 0.355. The maximum absolute atomic E-state index is 13.4. The fraction of sp³-hybridized carbons (Fsp3) is 0.364. The standard InChI is InChI=1S/C11H13ClFNO/c1-14-11-8(4-2-3-5-15)6-9(12)7-10(11)13/h5-7,14H,2-4H2,1H3. The molecule has 2 nitrogen and oxygen atoms in total. The number of benzene rings is 1. The summed E-state index contributed by atoms with van der Waals surface area (Å²) in [5.41, 5.74) is 1.27. The lowest BCUT2D eigenvalue weighted by molar-refractivity contribution is -0.107. The van der Waals surface area contributed by atoms with Crippen molar-refractivity contribution in [1.82, 2.24) is 0 Å². The number of anilines is 1. The Balaban J connectivity index is 2.88.